The zero-order valence-corrected chi connectivity index (χ0v) is 12.4. The first kappa shape index (κ1) is 15.3. The van der Waals surface area contributed by atoms with E-state index in [0.717, 1.165) is 10.8 Å². The highest BCUT2D eigenvalue weighted by Gasteiger charge is 2.25. The van der Waals surface area contributed by atoms with Gasteiger partial charge < -0.3 is 19.4 Å². The minimum atomic E-state index is -0.652. The number of aliphatic hydroxyl groups is 1. The highest BCUT2D eigenvalue weighted by Crippen LogP contribution is 2.12. The summed E-state index contributed by atoms with van der Waals surface area (Å²) in [5.74, 6) is 0.00892. The number of furan rings is 1. The van der Waals surface area contributed by atoms with Crippen molar-refractivity contribution in [2.45, 2.75) is 25.5 Å². The number of nitrogens with zero attached hydrogens (tertiary/aromatic N) is 2. The quantitative estimate of drug-likeness (QED) is 0.812. The van der Waals surface area contributed by atoms with Crippen LogP contribution in [0.3, 0.4) is 0 Å². The third-order valence-corrected chi connectivity index (χ3v) is 3.94. The van der Waals surface area contributed by atoms with Gasteiger partial charge in [-0.25, -0.2) is 4.79 Å². The Morgan fingerprint density at radius 2 is 2.09 bits per heavy atom. The Balaban J connectivity index is 1.90. The van der Waals surface area contributed by atoms with E-state index in [-0.39, 0.29) is 12.1 Å². The molecule has 1 amide bonds. The normalized spacial score (nSPS) is 15.8. The van der Waals surface area contributed by atoms with Crippen LogP contribution in [0.2, 0.25) is 0 Å². The molecule has 1 aliphatic heterocycles. The number of H-pyrrole nitrogens is 1. The molecule has 8 heteroatoms. The summed E-state index contributed by atoms with van der Waals surface area (Å²) in [4.78, 5) is 40.7. The number of piperidine rings is 1. The maximum absolute atomic E-state index is 12.5. The Labute approximate surface area is 131 Å². The van der Waals surface area contributed by atoms with Gasteiger partial charge in [0.25, 0.3) is 11.5 Å². The minimum Gasteiger partial charge on any atom is -0.467 e. The minimum absolute atomic E-state index is 0.0407. The Morgan fingerprint density at radius 1 is 1.35 bits per heavy atom. The summed E-state index contributed by atoms with van der Waals surface area (Å²) in [6.07, 6.45) is 3.15. The lowest BCUT2D eigenvalue weighted by Crippen LogP contribution is -2.45. The van der Waals surface area contributed by atoms with Crippen LogP contribution in [0.15, 0.2) is 38.6 Å². The van der Waals surface area contributed by atoms with Gasteiger partial charge in [-0.1, -0.05) is 0 Å². The van der Waals surface area contributed by atoms with Crippen molar-refractivity contribution in [3.63, 3.8) is 0 Å². The molecule has 0 aliphatic carbocycles. The topological polar surface area (TPSA) is 109 Å². The van der Waals surface area contributed by atoms with Crippen molar-refractivity contribution in [3.05, 3.63) is 56.8 Å². The Morgan fingerprint density at radius 3 is 2.74 bits per heavy atom. The number of likely N-dealkylation sites (tertiary alicyclic amines) is 1. The molecule has 0 spiro atoms. The zero-order chi connectivity index (χ0) is 16.4. The third-order valence-electron chi connectivity index (χ3n) is 3.94. The van der Waals surface area contributed by atoms with E-state index in [4.69, 9.17) is 4.42 Å². The fourth-order valence-electron chi connectivity index (χ4n) is 2.61. The maximum atomic E-state index is 12.5. The van der Waals surface area contributed by atoms with E-state index in [1.807, 2.05) is 0 Å². The number of aromatic amines is 1. The number of carbonyl (C=O) groups is 1. The van der Waals surface area contributed by atoms with E-state index in [2.05, 4.69) is 4.98 Å². The number of aliphatic hydroxyl groups excluding tert-OH is 1. The molecule has 1 aliphatic rings. The predicted molar refractivity (Wildman–Crippen MR) is 80.3 cm³/mol. The molecular formula is C15H17N3O5. The summed E-state index contributed by atoms with van der Waals surface area (Å²) in [6.45, 7) is 0.731. The second-order valence-corrected chi connectivity index (χ2v) is 5.50. The predicted octanol–water partition coefficient (Wildman–Crippen LogP) is -0.225. The van der Waals surface area contributed by atoms with Gasteiger partial charge in [-0.15, -0.1) is 0 Å². The van der Waals surface area contributed by atoms with Crippen LogP contribution in [0, 0.1) is 0 Å². The van der Waals surface area contributed by atoms with Gasteiger partial charge in [0.15, 0.2) is 0 Å². The van der Waals surface area contributed by atoms with Gasteiger partial charge in [-0.2, -0.15) is 0 Å². The first-order chi connectivity index (χ1) is 11.1. The van der Waals surface area contributed by atoms with Crippen molar-refractivity contribution in [2.24, 2.45) is 0 Å². The molecule has 3 heterocycles. The number of rotatable bonds is 3. The number of nitrogens with one attached hydrogen (secondary N) is 1. The molecule has 0 unspecified atom stereocenters. The summed E-state index contributed by atoms with van der Waals surface area (Å²) in [5, 5.41) is 9.50. The molecule has 122 valence electrons. The summed E-state index contributed by atoms with van der Waals surface area (Å²) >= 11 is 0. The van der Waals surface area contributed by atoms with E-state index >= 15 is 0 Å². The zero-order valence-electron chi connectivity index (χ0n) is 12.4. The Hall–Kier alpha value is -2.61. The summed E-state index contributed by atoms with van der Waals surface area (Å²) in [5.41, 5.74) is -1.34. The van der Waals surface area contributed by atoms with Crippen LogP contribution in [0.4, 0.5) is 0 Å². The summed E-state index contributed by atoms with van der Waals surface area (Å²) in [7, 11) is 0. The standard InChI is InChI=1S/C15H17N3O5/c19-10-3-5-17(6-4-10)13(20)12-8-16-15(22)18(14(12)21)9-11-2-1-7-23-11/h1-2,7-8,10,19H,3-6,9H2,(H,16,22). The van der Waals surface area contributed by atoms with E-state index < -0.39 is 23.3 Å². The van der Waals surface area contributed by atoms with Crippen LogP contribution in [0.25, 0.3) is 0 Å². The lowest BCUT2D eigenvalue weighted by Gasteiger charge is -2.29. The second-order valence-electron chi connectivity index (χ2n) is 5.50. The molecule has 2 N–H and O–H groups in total. The SMILES string of the molecule is O=C(c1c[nH]c(=O)n(Cc2ccco2)c1=O)N1CCC(O)CC1. The lowest BCUT2D eigenvalue weighted by atomic mass is 10.1. The lowest BCUT2D eigenvalue weighted by molar-refractivity contribution is 0.0544. The Bertz CT molecular complexity index is 797. The number of amides is 1. The van der Waals surface area contributed by atoms with Gasteiger partial charge in [0.1, 0.15) is 11.3 Å². The van der Waals surface area contributed by atoms with E-state index in [1.54, 1.807) is 12.1 Å². The first-order valence-electron chi connectivity index (χ1n) is 7.38. The molecule has 0 atom stereocenters. The van der Waals surface area contributed by atoms with Gasteiger partial charge in [0.05, 0.1) is 18.9 Å². The fourth-order valence-corrected chi connectivity index (χ4v) is 2.61. The molecule has 1 fully saturated rings. The molecule has 0 saturated carbocycles. The molecular weight excluding hydrogens is 302 g/mol. The van der Waals surface area contributed by atoms with E-state index in [9.17, 15) is 19.5 Å². The highest BCUT2D eigenvalue weighted by atomic mass is 16.3. The van der Waals surface area contributed by atoms with Crippen LogP contribution in [-0.2, 0) is 6.54 Å². The van der Waals surface area contributed by atoms with Crippen LogP contribution < -0.4 is 11.2 Å². The smallest absolute Gasteiger partial charge is 0.328 e. The van der Waals surface area contributed by atoms with Crippen molar-refractivity contribution in [3.8, 4) is 0 Å². The molecule has 2 aromatic heterocycles. The largest absolute Gasteiger partial charge is 0.467 e. The van der Waals surface area contributed by atoms with E-state index in [1.165, 1.54) is 11.2 Å². The average Bonchev–Trinajstić information content (AvgIpc) is 3.05. The van der Waals surface area contributed by atoms with Gasteiger partial charge in [-0.05, 0) is 25.0 Å². The number of hydrogen-bond donors (Lipinski definition) is 2. The van der Waals surface area contributed by atoms with Crippen molar-refractivity contribution in [1.82, 2.24) is 14.5 Å². The maximum Gasteiger partial charge on any atom is 0.328 e. The number of aromatic nitrogens is 2. The molecule has 0 radical (unpaired) electrons. The van der Waals surface area contributed by atoms with Crippen molar-refractivity contribution in [2.75, 3.05) is 13.1 Å². The van der Waals surface area contributed by atoms with Crippen LogP contribution in [0.5, 0.6) is 0 Å². The monoisotopic (exact) mass is 319 g/mol. The van der Waals surface area contributed by atoms with Crippen LogP contribution in [-0.4, -0.2) is 44.7 Å². The van der Waals surface area contributed by atoms with Gasteiger partial charge in [-0.3, -0.25) is 14.2 Å². The molecule has 0 bridgehead atoms. The third kappa shape index (κ3) is 3.11. The van der Waals surface area contributed by atoms with Crippen molar-refractivity contribution >= 4 is 5.91 Å². The van der Waals surface area contributed by atoms with Crippen molar-refractivity contribution in [1.29, 1.82) is 0 Å². The van der Waals surface area contributed by atoms with E-state index in [0.29, 0.717) is 31.7 Å². The summed E-state index contributed by atoms with van der Waals surface area (Å²) in [6, 6.07) is 3.30. The molecule has 8 nitrogen and oxygen atoms in total. The molecule has 0 aromatic carbocycles. The average molecular weight is 319 g/mol. The van der Waals surface area contributed by atoms with Gasteiger partial charge >= 0.3 is 5.69 Å². The molecule has 3 rings (SSSR count). The van der Waals surface area contributed by atoms with Crippen molar-refractivity contribution < 1.29 is 14.3 Å². The molecule has 23 heavy (non-hydrogen) atoms. The van der Waals surface area contributed by atoms with Crippen LogP contribution in [0.1, 0.15) is 29.0 Å². The highest BCUT2D eigenvalue weighted by molar-refractivity contribution is 5.93. The Kier molecular flexibility index (Phi) is 4.16. The second kappa shape index (κ2) is 6.25. The first-order valence-corrected chi connectivity index (χ1v) is 7.38. The van der Waals surface area contributed by atoms with Gasteiger partial charge in [0.2, 0.25) is 0 Å². The van der Waals surface area contributed by atoms with Crippen LogP contribution >= 0.6 is 0 Å². The number of hydrogen-bond acceptors (Lipinski definition) is 5. The summed E-state index contributed by atoms with van der Waals surface area (Å²) < 4.78 is 6.08. The molecule has 1 saturated heterocycles. The molecule has 2 aromatic rings. The number of carbonyl (C=O) groups excluding carboxylic acids is 1. The van der Waals surface area contributed by atoms with Gasteiger partial charge in [0, 0.05) is 19.3 Å². The fraction of sp³-hybridized carbons (Fsp3) is 0.400.